The fourth-order valence-corrected chi connectivity index (χ4v) is 1.31. The molecule has 5 N–H and O–H groups in total. The Bertz CT molecular complexity index is 401. The first-order valence-corrected chi connectivity index (χ1v) is 5.60. The van der Waals surface area contributed by atoms with Crippen molar-refractivity contribution in [3.05, 3.63) is 18.0 Å². The lowest BCUT2D eigenvalue weighted by molar-refractivity contribution is 0.0950. The molecule has 1 aliphatic carbocycles. The number of nitrogens with two attached hydrogens (primary N) is 1. The van der Waals surface area contributed by atoms with Gasteiger partial charge in [-0.3, -0.25) is 14.9 Å². The van der Waals surface area contributed by atoms with Crippen LogP contribution < -0.4 is 16.4 Å². The smallest absolute Gasteiger partial charge is 0.269 e. The Balaban J connectivity index is 0.00000162. The van der Waals surface area contributed by atoms with Gasteiger partial charge >= 0.3 is 0 Å². The Morgan fingerprint density at radius 3 is 3.00 bits per heavy atom. The minimum absolute atomic E-state index is 0. The standard InChI is InChI=1S/C10H16N6O.HI/c11-10(15-7-1-2-7)13-6-5-12-9(17)8-3-4-14-16-8;/h3-4,7H,1-2,5-6H2,(H,12,17)(H,14,16)(H3,11,13,15);1H. The number of hydrogen-bond acceptors (Lipinski definition) is 3. The maximum atomic E-state index is 11.5. The van der Waals surface area contributed by atoms with Gasteiger partial charge < -0.3 is 16.4 Å². The van der Waals surface area contributed by atoms with Crippen LogP contribution in [-0.2, 0) is 0 Å². The van der Waals surface area contributed by atoms with Gasteiger partial charge in [-0.05, 0) is 18.9 Å². The molecule has 18 heavy (non-hydrogen) atoms. The molecule has 0 unspecified atom stereocenters. The van der Waals surface area contributed by atoms with Crippen molar-refractivity contribution >= 4 is 35.8 Å². The molecular weight excluding hydrogens is 347 g/mol. The van der Waals surface area contributed by atoms with Gasteiger partial charge in [-0.1, -0.05) is 0 Å². The zero-order valence-corrected chi connectivity index (χ0v) is 12.2. The van der Waals surface area contributed by atoms with Gasteiger partial charge in [0.15, 0.2) is 5.96 Å². The van der Waals surface area contributed by atoms with Crippen LogP contribution in [0.2, 0.25) is 0 Å². The van der Waals surface area contributed by atoms with Gasteiger partial charge in [-0.2, -0.15) is 5.10 Å². The Kier molecular flexibility index (Phi) is 5.89. The summed E-state index contributed by atoms with van der Waals surface area (Å²) in [5, 5.41) is 12.1. The van der Waals surface area contributed by atoms with E-state index in [9.17, 15) is 4.79 Å². The average Bonchev–Trinajstić information content (AvgIpc) is 2.96. The Hall–Kier alpha value is -1.32. The monoisotopic (exact) mass is 364 g/mol. The van der Waals surface area contributed by atoms with E-state index in [0.717, 1.165) is 12.8 Å². The van der Waals surface area contributed by atoms with Crippen LogP contribution in [0.15, 0.2) is 17.3 Å². The summed E-state index contributed by atoms with van der Waals surface area (Å²) in [5.74, 6) is 0.259. The maximum Gasteiger partial charge on any atom is 0.269 e. The van der Waals surface area contributed by atoms with Crippen LogP contribution in [0.1, 0.15) is 23.3 Å². The third kappa shape index (κ3) is 4.90. The van der Waals surface area contributed by atoms with Gasteiger partial charge in [-0.15, -0.1) is 24.0 Å². The van der Waals surface area contributed by atoms with E-state index < -0.39 is 0 Å². The van der Waals surface area contributed by atoms with E-state index in [-0.39, 0.29) is 29.9 Å². The molecule has 0 aromatic carbocycles. The van der Waals surface area contributed by atoms with Crippen molar-refractivity contribution in [2.75, 3.05) is 13.1 Å². The van der Waals surface area contributed by atoms with Crippen LogP contribution in [-0.4, -0.2) is 41.2 Å². The van der Waals surface area contributed by atoms with E-state index in [2.05, 4.69) is 25.8 Å². The van der Waals surface area contributed by atoms with Crippen LogP contribution in [0, 0.1) is 0 Å². The highest BCUT2D eigenvalue weighted by Gasteiger charge is 2.21. The summed E-state index contributed by atoms with van der Waals surface area (Å²) in [4.78, 5) is 15.6. The fraction of sp³-hybridized carbons (Fsp3) is 0.500. The molecule has 0 atom stereocenters. The molecular formula is C10H17IN6O. The first kappa shape index (κ1) is 14.7. The Morgan fingerprint density at radius 1 is 1.61 bits per heavy atom. The minimum atomic E-state index is -0.188. The number of guanidine groups is 1. The van der Waals surface area contributed by atoms with Crippen LogP contribution in [0.5, 0.6) is 0 Å². The predicted molar refractivity (Wildman–Crippen MR) is 79.0 cm³/mol. The number of amides is 1. The van der Waals surface area contributed by atoms with Crippen molar-refractivity contribution in [1.29, 1.82) is 0 Å². The summed E-state index contributed by atoms with van der Waals surface area (Å²) in [6.45, 7) is 0.913. The van der Waals surface area contributed by atoms with E-state index >= 15 is 0 Å². The van der Waals surface area contributed by atoms with Crippen molar-refractivity contribution in [2.45, 2.75) is 18.9 Å². The van der Waals surface area contributed by atoms with Crippen molar-refractivity contribution in [3.63, 3.8) is 0 Å². The lowest BCUT2D eigenvalue weighted by atomic mass is 10.4. The number of hydrogen-bond donors (Lipinski definition) is 4. The number of H-pyrrole nitrogens is 1. The maximum absolute atomic E-state index is 11.5. The zero-order chi connectivity index (χ0) is 12.1. The number of rotatable bonds is 5. The van der Waals surface area contributed by atoms with Gasteiger partial charge in [0, 0.05) is 18.8 Å². The van der Waals surface area contributed by atoms with E-state index in [1.54, 1.807) is 6.07 Å². The average molecular weight is 364 g/mol. The largest absolute Gasteiger partial charge is 0.370 e. The highest BCUT2D eigenvalue weighted by atomic mass is 127. The number of aromatic amines is 1. The second-order valence-corrected chi connectivity index (χ2v) is 3.91. The molecule has 1 aromatic rings. The molecule has 2 rings (SSSR count). The number of carbonyl (C=O) groups excluding carboxylic acids is 1. The summed E-state index contributed by atoms with van der Waals surface area (Å²) in [6.07, 6.45) is 3.85. The highest BCUT2D eigenvalue weighted by molar-refractivity contribution is 14.0. The van der Waals surface area contributed by atoms with E-state index in [1.807, 2.05) is 0 Å². The summed E-state index contributed by atoms with van der Waals surface area (Å²) >= 11 is 0. The zero-order valence-electron chi connectivity index (χ0n) is 9.85. The third-order valence-corrected chi connectivity index (χ3v) is 2.35. The third-order valence-electron chi connectivity index (χ3n) is 2.35. The van der Waals surface area contributed by atoms with E-state index in [1.165, 1.54) is 6.20 Å². The van der Waals surface area contributed by atoms with Gasteiger partial charge in [0.2, 0.25) is 0 Å². The van der Waals surface area contributed by atoms with Crippen LogP contribution in [0.25, 0.3) is 0 Å². The number of nitrogens with zero attached hydrogens (tertiary/aromatic N) is 2. The normalized spacial score (nSPS) is 14.8. The molecule has 1 aromatic heterocycles. The molecule has 1 aliphatic rings. The molecule has 7 nitrogen and oxygen atoms in total. The van der Waals surface area contributed by atoms with Crippen molar-refractivity contribution in [2.24, 2.45) is 10.7 Å². The summed E-state index contributed by atoms with van der Waals surface area (Å²) in [7, 11) is 0. The number of nitrogens with one attached hydrogen (secondary N) is 3. The Morgan fingerprint density at radius 2 is 2.39 bits per heavy atom. The molecule has 1 amide bonds. The van der Waals surface area contributed by atoms with Crippen molar-refractivity contribution < 1.29 is 4.79 Å². The molecule has 0 saturated heterocycles. The Labute approximate surface area is 122 Å². The molecule has 100 valence electrons. The molecule has 0 radical (unpaired) electrons. The predicted octanol–water partition coefficient (Wildman–Crippen LogP) is -0.176. The van der Waals surface area contributed by atoms with Gasteiger partial charge in [0.25, 0.3) is 5.91 Å². The first-order chi connectivity index (χ1) is 8.25. The van der Waals surface area contributed by atoms with Crippen molar-refractivity contribution in [1.82, 2.24) is 20.8 Å². The molecule has 0 aliphatic heterocycles. The van der Waals surface area contributed by atoms with Gasteiger partial charge in [0.05, 0.1) is 6.54 Å². The molecule has 1 saturated carbocycles. The SMILES string of the molecule is I.NC(=NCCNC(=O)c1ccn[nH]1)NC1CC1. The van der Waals surface area contributed by atoms with E-state index in [0.29, 0.717) is 30.8 Å². The lowest BCUT2D eigenvalue weighted by Gasteiger charge is -2.04. The van der Waals surface area contributed by atoms with Crippen molar-refractivity contribution in [3.8, 4) is 0 Å². The number of aliphatic imine (C=N–C) groups is 1. The summed E-state index contributed by atoms with van der Waals surface area (Å²) < 4.78 is 0. The van der Waals surface area contributed by atoms with Crippen LogP contribution in [0.3, 0.4) is 0 Å². The highest BCUT2D eigenvalue weighted by Crippen LogP contribution is 2.17. The van der Waals surface area contributed by atoms with Crippen LogP contribution >= 0.6 is 24.0 Å². The summed E-state index contributed by atoms with van der Waals surface area (Å²) in [6, 6.07) is 2.11. The topological polar surface area (TPSA) is 108 Å². The van der Waals surface area contributed by atoms with E-state index in [4.69, 9.17) is 5.73 Å². The number of carbonyl (C=O) groups is 1. The number of halogens is 1. The quantitative estimate of drug-likeness (QED) is 0.252. The van der Waals surface area contributed by atoms with Crippen LogP contribution in [0.4, 0.5) is 0 Å². The van der Waals surface area contributed by atoms with Gasteiger partial charge in [-0.25, -0.2) is 0 Å². The minimum Gasteiger partial charge on any atom is -0.370 e. The second-order valence-electron chi connectivity index (χ2n) is 3.91. The van der Waals surface area contributed by atoms with Gasteiger partial charge in [0.1, 0.15) is 5.69 Å². The molecule has 8 heteroatoms. The number of aromatic nitrogens is 2. The lowest BCUT2D eigenvalue weighted by Crippen LogP contribution is -2.34. The molecule has 0 bridgehead atoms. The fourth-order valence-electron chi connectivity index (χ4n) is 1.31. The summed E-state index contributed by atoms with van der Waals surface area (Å²) in [5.41, 5.74) is 6.08. The molecule has 0 spiro atoms. The second kappa shape index (κ2) is 7.19. The molecule has 1 heterocycles. The first-order valence-electron chi connectivity index (χ1n) is 5.60. The molecule has 1 fully saturated rings.